The Labute approximate surface area is 145 Å². The maximum atomic E-state index is 12.3. The van der Waals surface area contributed by atoms with Crippen LogP contribution in [-0.4, -0.2) is 38.2 Å². The average molecular weight is 347 g/mol. The third kappa shape index (κ3) is 3.37. The topological polar surface area (TPSA) is 72.5 Å². The molecule has 7 heteroatoms. The van der Waals surface area contributed by atoms with E-state index in [1.54, 1.807) is 14.2 Å². The maximum Gasteiger partial charge on any atom is 0.229 e. The molecule has 2 heterocycles. The molecule has 1 saturated heterocycles. The van der Waals surface area contributed by atoms with Crippen molar-refractivity contribution in [1.29, 1.82) is 0 Å². The van der Waals surface area contributed by atoms with Crippen LogP contribution in [0.15, 0.2) is 23.6 Å². The number of benzene rings is 1. The van der Waals surface area contributed by atoms with Gasteiger partial charge in [-0.15, -0.1) is 11.3 Å². The molecule has 0 radical (unpaired) electrons. The van der Waals surface area contributed by atoms with E-state index in [1.807, 2.05) is 30.5 Å². The molecule has 6 nitrogen and oxygen atoms in total. The highest BCUT2D eigenvalue weighted by atomic mass is 32.1. The summed E-state index contributed by atoms with van der Waals surface area (Å²) in [6.07, 6.45) is 0. The number of ether oxygens (including phenoxy) is 2. The Morgan fingerprint density at radius 2 is 2.08 bits per heavy atom. The van der Waals surface area contributed by atoms with Gasteiger partial charge in [0.05, 0.1) is 19.9 Å². The SMILES string of the molecule is COc1ccc(-c2csc(NC(=O)C(C)C3CNC3)n2)cc1OC. The smallest absolute Gasteiger partial charge is 0.229 e. The number of carbonyl (C=O) groups excluding carboxylic acids is 1. The summed E-state index contributed by atoms with van der Waals surface area (Å²) >= 11 is 1.42. The van der Waals surface area contributed by atoms with Crippen LogP contribution < -0.4 is 20.1 Å². The third-order valence-electron chi connectivity index (χ3n) is 4.35. The molecule has 1 aliphatic rings. The van der Waals surface area contributed by atoms with Gasteiger partial charge in [0, 0.05) is 16.9 Å². The van der Waals surface area contributed by atoms with Crippen LogP contribution in [0, 0.1) is 11.8 Å². The predicted molar refractivity (Wildman–Crippen MR) is 94.8 cm³/mol. The van der Waals surface area contributed by atoms with Crippen LogP contribution in [0.4, 0.5) is 5.13 Å². The first-order valence-corrected chi connectivity index (χ1v) is 8.70. The van der Waals surface area contributed by atoms with Crippen molar-refractivity contribution >= 4 is 22.4 Å². The summed E-state index contributed by atoms with van der Waals surface area (Å²) in [5, 5.41) is 8.65. The molecule has 1 fully saturated rings. The first kappa shape index (κ1) is 16.7. The Morgan fingerprint density at radius 1 is 1.33 bits per heavy atom. The normalized spacial score (nSPS) is 15.5. The predicted octanol–water partition coefficient (Wildman–Crippen LogP) is 2.62. The number of aromatic nitrogens is 1. The van der Waals surface area contributed by atoms with Gasteiger partial charge in [0.1, 0.15) is 0 Å². The molecule has 1 aliphatic heterocycles. The summed E-state index contributed by atoms with van der Waals surface area (Å²) in [6.45, 7) is 3.77. The molecule has 0 aliphatic carbocycles. The lowest BCUT2D eigenvalue weighted by molar-refractivity contribution is -0.121. The monoisotopic (exact) mass is 347 g/mol. The van der Waals surface area contributed by atoms with Crippen LogP contribution in [0.5, 0.6) is 11.5 Å². The summed E-state index contributed by atoms with van der Waals surface area (Å²) in [4.78, 5) is 16.8. The van der Waals surface area contributed by atoms with Crippen molar-refractivity contribution in [2.45, 2.75) is 6.92 Å². The van der Waals surface area contributed by atoms with Crippen LogP contribution in [-0.2, 0) is 4.79 Å². The zero-order valence-electron chi connectivity index (χ0n) is 14.0. The first-order valence-electron chi connectivity index (χ1n) is 7.82. The third-order valence-corrected chi connectivity index (χ3v) is 5.11. The molecule has 2 aromatic rings. The molecule has 128 valence electrons. The zero-order chi connectivity index (χ0) is 17.1. The highest BCUT2D eigenvalue weighted by Gasteiger charge is 2.29. The Hall–Kier alpha value is -2.12. The maximum absolute atomic E-state index is 12.3. The molecular weight excluding hydrogens is 326 g/mol. The number of methoxy groups -OCH3 is 2. The standard InChI is InChI=1S/C17H21N3O3S/c1-10(12-7-18-8-12)16(21)20-17-19-13(9-24-17)11-4-5-14(22-2)15(6-11)23-3/h4-6,9-10,12,18H,7-8H2,1-3H3,(H,19,20,21). The van der Waals surface area contributed by atoms with Gasteiger partial charge in [0.15, 0.2) is 16.6 Å². The largest absolute Gasteiger partial charge is 0.493 e. The van der Waals surface area contributed by atoms with Crippen molar-refractivity contribution in [3.05, 3.63) is 23.6 Å². The Kier molecular flexibility index (Phi) is 5.01. The fourth-order valence-corrected chi connectivity index (χ4v) is 3.28. The minimum Gasteiger partial charge on any atom is -0.493 e. The van der Waals surface area contributed by atoms with Crippen molar-refractivity contribution in [3.8, 4) is 22.8 Å². The van der Waals surface area contributed by atoms with E-state index in [0.717, 1.165) is 24.3 Å². The van der Waals surface area contributed by atoms with Gasteiger partial charge in [-0.05, 0) is 37.2 Å². The number of nitrogens with one attached hydrogen (secondary N) is 2. The van der Waals surface area contributed by atoms with Gasteiger partial charge < -0.3 is 20.1 Å². The molecule has 1 amide bonds. The minimum absolute atomic E-state index is 0.0142. The number of nitrogens with zero attached hydrogens (tertiary/aromatic N) is 1. The van der Waals surface area contributed by atoms with Gasteiger partial charge in [-0.2, -0.15) is 0 Å². The van der Waals surface area contributed by atoms with Crippen molar-refractivity contribution in [2.75, 3.05) is 32.6 Å². The molecule has 1 unspecified atom stereocenters. The van der Waals surface area contributed by atoms with E-state index in [-0.39, 0.29) is 11.8 Å². The van der Waals surface area contributed by atoms with Crippen molar-refractivity contribution in [2.24, 2.45) is 11.8 Å². The minimum atomic E-state index is -0.0142. The van der Waals surface area contributed by atoms with Crippen LogP contribution in [0.2, 0.25) is 0 Å². The zero-order valence-corrected chi connectivity index (χ0v) is 14.8. The molecule has 1 aromatic heterocycles. The Morgan fingerprint density at radius 3 is 2.71 bits per heavy atom. The van der Waals surface area contributed by atoms with Gasteiger partial charge in [-0.1, -0.05) is 6.92 Å². The second-order valence-electron chi connectivity index (χ2n) is 5.80. The first-order chi connectivity index (χ1) is 11.6. The number of carbonyl (C=O) groups is 1. The lowest BCUT2D eigenvalue weighted by Crippen LogP contribution is -2.48. The lowest BCUT2D eigenvalue weighted by Gasteiger charge is -2.31. The van der Waals surface area contributed by atoms with Gasteiger partial charge in [-0.3, -0.25) is 4.79 Å². The summed E-state index contributed by atoms with van der Waals surface area (Å²) < 4.78 is 10.6. The van der Waals surface area contributed by atoms with E-state index in [4.69, 9.17) is 9.47 Å². The molecule has 24 heavy (non-hydrogen) atoms. The molecular formula is C17H21N3O3S. The number of thiazole rings is 1. The molecule has 1 atom stereocenters. The highest BCUT2D eigenvalue weighted by molar-refractivity contribution is 7.14. The number of hydrogen-bond acceptors (Lipinski definition) is 6. The van der Waals surface area contributed by atoms with Crippen molar-refractivity contribution < 1.29 is 14.3 Å². The second-order valence-corrected chi connectivity index (χ2v) is 6.66. The molecule has 0 saturated carbocycles. The fourth-order valence-electron chi connectivity index (χ4n) is 2.56. The van der Waals surface area contributed by atoms with E-state index in [9.17, 15) is 4.79 Å². The number of anilines is 1. The summed E-state index contributed by atoms with van der Waals surface area (Å²) in [5.41, 5.74) is 1.72. The van der Waals surface area contributed by atoms with E-state index in [0.29, 0.717) is 22.5 Å². The fraction of sp³-hybridized carbons (Fsp3) is 0.412. The Balaban J connectivity index is 1.72. The van der Waals surface area contributed by atoms with Crippen LogP contribution in [0.1, 0.15) is 6.92 Å². The molecule has 3 rings (SSSR count). The number of rotatable bonds is 6. The summed E-state index contributed by atoms with van der Waals surface area (Å²) in [5.74, 6) is 1.75. The molecule has 0 bridgehead atoms. The van der Waals surface area contributed by atoms with E-state index in [2.05, 4.69) is 15.6 Å². The van der Waals surface area contributed by atoms with E-state index in [1.165, 1.54) is 11.3 Å². The summed E-state index contributed by atoms with van der Waals surface area (Å²) in [6, 6.07) is 5.64. The van der Waals surface area contributed by atoms with Crippen LogP contribution >= 0.6 is 11.3 Å². The van der Waals surface area contributed by atoms with Gasteiger partial charge in [0.25, 0.3) is 0 Å². The second kappa shape index (κ2) is 7.19. The summed E-state index contributed by atoms with van der Waals surface area (Å²) in [7, 11) is 3.21. The average Bonchev–Trinajstić information content (AvgIpc) is 3.00. The van der Waals surface area contributed by atoms with Gasteiger partial charge >= 0.3 is 0 Å². The molecule has 1 aromatic carbocycles. The van der Waals surface area contributed by atoms with Crippen LogP contribution in [0.3, 0.4) is 0 Å². The van der Waals surface area contributed by atoms with E-state index < -0.39 is 0 Å². The van der Waals surface area contributed by atoms with Gasteiger partial charge in [0.2, 0.25) is 5.91 Å². The molecule has 2 N–H and O–H groups in total. The van der Waals surface area contributed by atoms with Crippen molar-refractivity contribution in [1.82, 2.24) is 10.3 Å². The number of hydrogen-bond donors (Lipinski definition) is 2. The van der Waals surface area contributed by atoms with Crippen molar-refractivity contribution in [3.63, 3.8) is 0 Å². The number of amides is 1. The highest BCUT2D eigenvalue weighted by Crippen LogP contribution is 2.33. The molecule has 0 spiro atoms. The van der Waals surface area contributed by atoms with Crippen LogP contribution in [0.25, 0.3) is 11.3 Å². The Bertz CT molecular complexity index is 728. The van der Waals surface area contributed by atoms with Gasteiger partial charge in [-0.25, -0.2) is 4.98 Å². The lowest BCUT2D eigenvalue weighted by atomic mass is 9.88. The quantitative estimate of drug-likeness (QED) is 0.840. The van der Waals surface area contributed by atoms with E-state index >= 15 is 0 Å².